The monoisotopic (exact) mass is 325 g/mol. The van der Waals surface area contributed by atoms with Gasteiger partial charge in [0.2, 0.25) is 0 Å². The van der Waals surface area contributed by atoms with E-state index in [-0.39, 0.29) is 0 Å². The molecule has 0 aliphatic heterocycles. The first-order valence-electron chi connectivity index (χ1n) is 8.38. The Bertz CT molecular complexity index is 709. The molecule has 24 heavy (non-hydrogen) atoms. The van der Waals surface area contributed by atoms with E-state index in [1.54, 1.807) is 24.7 Å². The first-order valence-corrected chi connectivity index (χ1v) is 8.38. The number of fused-ring (bicyclic) bond motifs is 1. The van der Waals surface area contributed by atoms with Crippen LogP contribution in [0.1, 0.15) is 39.9 Å². The SMILES string of the molecule is COc1ccc2c(c1)CCC(Cc1ccc(C(=O)NO)cc1)CC2. The molecule has 2 N–H and O–H groups in total. The third kappa shape index (κ3) is 3.77. The van der Waals surface area contributed by atoms with Gasteiger partial charge in [0.1, 0.15) is 5.75 Å². The number of hydrogen-bond acceptors (Lipinski definition) is 3. The Labute approximate surface area is 142 Å². The summed E-state index contributed by atoms with van der Waals surface area (Å²) in [4.78, 5) is 11.4. The maximum Gasteiger partial charge on any atom is 0.274 e. The Morgan fingerprint density at radius 1 is 1.12 bits per heavy atom. The molecule has 1 aliphatic carbocycles. The van der Waals surface area contributed by atoms with Crippen molar-refractivity contribution >= 4 is 5.91 Å². The van der Waals surface area contributed by atoms with Crippen LogP contribution >= 0.6 is 0 Å². The topological polar surface area (TPSA) is 58.6 Å². The van der Waals surface area contributed by atoms with Crippen LogP contribution in [0.4, 0.5) is 0 Å². The summed E-state index contributed by atoms with van der Waals surface area (Å²) in [5.74, 6) is 1.10. The molecule has 0 saturated heterocycles. The number of nitrogens with one attached hydrogen (secondary N) is 1. The minimum absolute atomic E-state index is 0.472. The molecule has 1 aliphatic rings. The van der Waals surface area contributed by atoms with Crippen LogP contribution in [-0.4, -0.2) is 18.2 Å². The van der Waals surface area contributed by atoms with Crippen LogP contribution in [0.25, 0.3) is 0 Å². The van der Waals surface area contributed by atoms with Gasteiger partial charge in [-0.1, -0.05) is 18.2 Å². The zero-order valence-electron chi connectivity index (χ0n) is 13.9. The van der Waals surface area contributed by atoms with Crippen molar-refractivity contribution in [2.24, 2.45) is 5.92 Å². The molecule has 2 aromatic carbocycles. The van der Waals surface area contributed by atoms with E-state index in [0.717, 1.165) is 25.0 Å². The molecule has 2 aromatic rings. The number of methoxy groups -OCH3 is 1. The van der Waals surface area contributed by atoms with Crippen molar-refractivity contribution in [2.75, 3.05) is 7.11 Å². The van der Waals surface area contributed by atoms with Crippen LogP contribution in [0.5, 0.6) is 5.75 Å². The first kappa shape index (κ1) is 16.5. The van der Waals surface area contributed by atoms with Gasteiger partial charge in [0.05, 0.1) is 7.11 Å². The number of carbonyl (C=O) groups is 1. The lowest BCUT2D eigenvalue weighted by atomic mass is 9.91. The molecule has 126 valence electrons. The average Bonchev–Trinajstić information content (AvgIpc) is 2.83. The second kappa shape index (κ2) is 7.49. The highest BCUT2D eigenvalue weighted by Crippen LogP contribution is 2.29. The number of hydroxylamine groups is 1. The van der Waals surface area contributed by atoms with Gasteiger partial charge in [-0.05, 0) is 79.0 Å². The predicted molar refractivity (Wildman–Crippen MR) is 92.5 cm³/mol. The van der Waals surface area contributed by atoms with E-state index in [4.69, 9.17) is 9.94 Å². The summed E-state index contributed by atoms with van der Waals surface area (Å²) in [6.45, 7) is 0. The minimum atomic E-state index is -0.472. The van der Waals surface area contributed by atoms with E-state index in [2.05, 4.69) is 12.1 Å². The number of ether oxygens (including phenoxy) is 1. The standard InChI is InChI=1S/C20H23NO3/c1-24-19-11-10-16-6-2-14(5-9-18(16)13-19)12-15-3-7-17(8-4-15)20(22)21-23/h3-4,7-8,10-11,13-14,23H,2,5-6,9,12H2,1H3,(H,21,22). The number of hydrogen-bond donors (Lipinski definition) is 2. The van der Waals surface area contributed by atoms with Gasteiger partial charge in [0, 0.05) is 5.56 Å². The molecule has 0 fully saturated rings. The molecular formula is C20H23NO3. The smallest absolute Gasteiger partial charge is 0.274 e. The average molecular weight is 325 g/mol. The van der Waals surface area contributed by atoms with Crippen molar-refractivity contribution in [1.82, 2.24) is 5.48 Å². The summed E-state index contributed by atoms with van der Waals surface area (Å²) >= 11 is 0. The zero-order valence-corrected chi connectivity index (χ0v) is 13.9. The van der Waals surface area contributed by atoms with Gasteiger partial charge in [0.25, 0.3) is 5.91 Å². The quantitative estimate of drug-likeness (QED) is 0.513. The van der Waals surface area contributed by atoms with Crippen LogP contribution < -0.4 is 10.2 Å². The van der Waals surface area contributed by atoms with Crippen molar-refractivity contribution < 1.29 is 14.7 Å². The Morgan fingerprint density at radius 3 is 2.50 bits per heavy atom. The van der Waals surface area contributed by atoms with Gasteiger partial charge in [-0.3, -0.25) is 10.0 Å². The molecule has 0 heterocycles. The summed E-state index contributed by atoms with van der Waals surface area (Å²) in [7, 11) is 1.71. The molecular weight excluding hydrogens is 302 g/mol. The molecule has 1 unspecified atom stereocenters. The maximum atomic E-state index is 11.4. The summed E-state index contributed by atoms with van der Waals surface area (Å²) in [5.41, 5.74) is 6.22. The number of carbonyl (C=O) groups excluding carboxylic acids is 1. The van der Waals surface area contributed by atoms with Gasteiger partial charge < -0.3 is 4.74 Å². The number of rotatable bonds is 4. The van der Waals surface area contributed by atoms with Crippen LogP contribution in [0.3, 0.4) is 0 Å². The minimum Gasteiger partial charge on any atom is -0.497 e. The van der Waals surface area contributed by atoms with Crippen LogP contribution in [0, 0.1) is 5.92 Å². The highest BCUT2D eigenvalue weighted by atomic mass is 16.5. The van der Waals surface area contributed by atoms with E-state index in [1.165, 1.54) is 29.5 Å². The summed E-state index contributed by atoms with van der Waals surface area (Å²) in [6, 6.07) is 13.9. The highest BCUT2D eigenvalue weighted by molar-refractivity contribution is 5.93. The Kier molecular flexibility index (Phi) is 5.16. The normalized spacial score (nSPS) is 16.8. The highest BCUT2D eigenvalue weighted by Gasteiger charge is 2.17. The lowest BCUT2D eigenvalue weighted by molar-refractivity contribution is 0.0706. The predicted octanol–water partition coefficient (Wildman–Crippen LogP) is 3.55. The Balaban J connectivity index is 1.64. The summed E-state index contributed by atoms with van der Waals surface area (Å²) in [6.07, 6.45) is 5.56. The first-order chi connectivity index (χ1) is 11.7. The van der Waals surface area contributed by atoms with E-state index in [1.807, 2.05) is 18.2 Å². The second-order valence-corrected chi connectivity index (χ2v) is 6.42. The molecule has 0 spiro atoms. The summed E-state index contributed by atoms with van der Waals surface area (Å²) in [5, 5.41) is 8.66. The largest absolute Gasteiger partial charge is 0.497 e. The van der Waals surface area contributed by atoms with Crippen molar-refractivity contribution in [3.05, 3.63) is 64.7 Å². The molecule has 0 aromatic heterocycles. The molecule has 4 heteroatoms. The van der Waals surface area contributed by atoms with E-state index >= 15 is 0 Å². The lowest BCUT2D eigenvalue weighted by Gasteiger charge is -2.14. The Hall–Kier alpha value is -2.33. The van der Waals surface area contributed by atoms with Gasteiger partial charge in [-0.25, -0.2) is 5.48 Å². The molecule has 3 rings (SSSR count). The van der Waals surface area contributed by atoms with Crippen LogP contribution in [-0.2, 0) is 19.3 Å². The number of benzene rings is 2. The van der Waals surface area contributed by atoms with Crippen molar-refractivity contribution in [1.29, 1.82) is 0 Å². The second-order valence-electron chi connectivity index (χ2n) is 6.42. The van der Waals surface area contributed by atoms with E-state index < -0.39 is 5.91 Å². The van der Waals surface area contributed by atoms with Crippen LogP contribution in [0.15, 0.2) is 42.5 Å². The molecule has 4 nitrogen and oxygen atoms in total. The van der Waals surface area contributed by atoms with Gasteiger partial charge in [0.15, 0.2) is 0 Å². The van der Waals surface area contributed by atoms with Crippen molar-refractivity contribution in [3.8, 4) is 5.75 Å². The van der Waals surface area contributed by atoms with Gasteiger partial charge in [-0.15, -0.1) is 0 Å². The third-order valence-electron chi connectivity index (χ3n) is 4.90. The van der Waals surface area contributed by atoms with Crippen molar-refractivity contribution in [2.45, 2.75) is 32.1 Å². The third-order valence-corrected chi connectivity index (χ3v) is 4.90. The van der Waals surface area contributed by atoms with Gasteiger partial charge in [-0.2, -0.15) is 0 Å². The van der Waals surface area contributed by atoms with Crippen molar-refractivity contribution in [3.63, 3.8) is 0 Å². The fourth-order valence-corrected chi connectivity index (χ4v) is 3.46. The molecule has 0 radical (unpaired) electrons. The number of amides is 1. The van der Waals surface area contributed by atoms with Crippen LogP contribution in [0.2, 0.25) is 0 Å². The number of aryl methyl sites for hydroxylation is 2. The van der Waals surface area contributed by atoms with Gasteiger partial charge >= 0.3 is 0 Å². The summed E-state index contributed by atoms with van der Waals surface area (Å²) < 4.78 is 5.33. The Morgan fingerprint density at radius 2 is 1.83 bits per heavy atom. The fraction of sp³-hybridized carbons (Fsp3) is 0.350. The molecule has 1 atom stereocenters. The molecule has 0 saturated carbocycles. The zero-order chi connectivity index (χ0) is 16.9. The molecule has 0 bridgehead atoms. The van der Waals surface area contributed by atoms with E-state index in [9.17, 15) is 4.79 Å². The van der Waals surface area contributed by atoms with E-state index in [0.29, 0.717) is 11.5 Å². The fourth-order valence-electron chi connectivity index (χ4n) is 3.46. The molecule has 1 amide bonds. The maximum absolute atomic E-state index is 11.4. The lowest BCUT2D eigenvalue weighted by Crippen LogP contribution is -2.18.